The van der Waals surface area contributed by atoms with Gasteiger partial charge in [-0.15, -0.1) is 0 Å². The Bertz CT molecular complexity index is 1690. The van der Waals surface area contributed by atoms with Gasteiger partial charge in [0.15, 0.2) is 7.14 Å². The van der Waals surface area contributed by atoms with Gasteiger partial charge in [-0.1, -0.05) is 85.5 Å². The van der Waals surface area contributed by atoms with E-state index in [9.17, 15) is 9.83 Å². The third-order valence-corrected chi connectivity index (χ3v) is 9.52. The van der Waals surface area contributed by atoms with Crippen molar-refractivity contribution in [2.24, 2.45) is 0 Å². The van der Waals surface area contributed by atoms with Crippen LogP contribution in [0.15, 0.2) is 132 Å². The second-order valence-electron chi connectivity index (χ2n) is 8.43. The minimum absolute atomic E-state index is 0.559. The first kappa shape index (κ1) is 23.4. The van der Waals surface area contributed by atoms with Crippen LogP contribution in [0.3, 0.4) is 0 Å². The molecule has 0 aliphatic carbocycles. The van der Waals surface area contributed by atoms with Gasteiger partial charge in [-0.05, 0) is 54.5 Å². The Kier molecular flexibility index (Phi) is 6.30. The number of allylic oxidation sites excluding steroid dienone is 5. The Balaban J connectivity index is 1.67. The molecule has 174 valence electrons. The number of hydrogen-bond donors (Lipinski definition) is 0. The highest BCUT2D eigenvalue weighted by Crippen LogP contribution is 2.53. The van der Waals surface area contributed by atoms with Crippen molar-refractivity contribution in [1.29, 1.82) is 5.26 Å². The second-order valence-corrected chi connectivity index (χ2v) is 11.2. The summed E-state index contributed by atoms with van der Waals surface area (Å²) < 4.78 is 20.8. The summed E-state index contributed by atoms with van der Waals surface area (Å²) in [5.74, 6) is 0. The predicted molar refractivity (Wildman–Crippen MR) is 150 cm³/mol. The molecule has 3 nitrogen and oxygen atoms in total. The summed E-state index contributed by atoms with van der Waals surface area (Å²) in [6, 6.07) is 32.9. The first-order chi connectivity index (χ1) is 17.6. The minimum Gasteiger partial charge on any atom is -0.456 e. The number of fused-ring (bicyclic) bond motifs is 3. The van der Waals surface area contributed by atoms with Crippen molar-refractivity contribution < 1.29 is 8.98 Å². The summed E-state index contributed by atoms with van der Waals surface area (Å²) in [5, 5.41) is 13.4. The molecule has 0 saturated carbocycles. The van der Waals surface area contributed by atoms with Crippen LogP contribution in [0, 0.1) is 11.3 Å². The zero-order chi connectivity index (χ0) is 25.1. The average molecular weight is 486 g/mol. The minimum atomic E-state index is -3.12. The number of hydrogen-bond acceptors (Lipinski definition) is 3. The Hall–Kier alpha value is -4.38. The van der Waals surface area contributed by atoms with Crippen molar-refractivity contribution in [1.82, 2.24) is 0 Å². The van der Waals surface area contributed by atoms with Gasteiger partial charge in [-0.3, -0.25) is 0 Å². The number of nitriles is 1. The van der Waals surface area contributed by atoms with Crippen molar-refractivity contribution >= 4 is 45.3 Å². The number of benzene rings is 4. The highest BCUT2D eigenvalue weighted by atomic mass is 31.2. The van der Waals surface area contributed by atoms with E-state index in [-0.39, 0.29) is 0 Å². The van der Waals surface area contributed by atoms with Crippen molar-refractivity contribution in [3.63, 3.8) is 0 Å². The number of nitrogens with zero attached hydrogens (tertiary/aromatic N) is 1. The second kappa shape index (κ2) is 9.70. The molecule has 5 aromatic rings. The topological polar surface area (TPSA) is 54.0 Å². The molecule has 0 aliphatic rings. The summed E-state index contributed by atoms with van der Waals surface area (Å²) in [4.78, 5) is 0. The molecule has 36 heavy (non-hydrogen) atoms. The molecule has 0 unspecified atom stereocenters. The molecule has 0 atom stereocenters. The summed E-state index contributed by atoms with van der Waals surface area (Å²) in [6.45, 7) is 5.98. The van der Waals surface area contributed by atoms with E-state index in [1.165, 1.54) is 0 Å². The monoisotopic (exact) mass is 485 g/mol. The van der Waals surface area contributed by atoms with Gasteiger partial charge in [-0.2, -0.15) is 5.26 Å². The standard InChI is InChI=1S/C32H24NO2P/c1-3-24(25-16-18-31-30(21-25)29-17-15-23(22-33)19-32(29)35-31)20-26(4-2)36(34,27-11-7-5-8-12-27)28-13-9-6-10-14-28/h3-21H,1H2,2H3/b24-20+,26-4+. The van der Waals surface area contributed by atoms with Crippen LogP contribution in [-0.2, 0) is 4.57 Å². The van der Waals surface area contributed by atoms with Crippen molar-refractivity contribution in [2.75, 3.05) is 0 Å². The van der Waals surface area contributed by atoms with Gasteiger partial charge in [0.25, 0.3) is 0 Å². The SMILES string of the molecule is C=C/C(=C\C(=C/C)P(=O)(c1ccccc1)c1ccccc1)c1ccc2oc3cc(C#N)ccc3c2c1. The molecule has 1 heterocycles. The van der Waals surface area contributed by atoms with E-state index in [1.807, 2.05) is 97.9 Å². The van der Waals surface area contributed by atoms with E-state index < -0.39 is 7.14 Å². The van der Waals surface area contributed by atoms with Crippen LogP contribution in [0.4, 0.5) is 0 Å². The summed E-state index contributed by atoms with van der Waals surface area (Å²) in [6.07, 6.45) is 5.70. The van der Waals surface area contributed by atoms with Gasteiger partial charge in [0.2, 0.25) is 0 Å². The Morgan fingerprint density at radius 1 is 0.861 bits per heavy atom. The molecule has 4 heteroatoms. The highest BCUT2D eigenvalue weighted by Gasteiger charge is 2.30. The van der Waals surface area contributed by atoms with E-state index in [4.69, 9.17) is 4.42 Å². The molecule has 4 aromatic carbocycles. The first-order valence-corrected chi connectivity index (χ1v) is 13.4. The Morgan fingerprint density at radius 3 is 2.11 bits per heavy atom. The molecule has 0 bridgehead atoms. The molecule has 1 aromatic heterocycles. The number of furan rings is 1. The van der Waals surface area contributed by atoms with Gasteiger partial charge in [0.05, 0.1) is 11.6 Å². The summed E-state index contributed by atoms with van der Waals surface area (Å²) in [5.41, 5.74) is 3.79. The zero-order valence-corrected chi connectivity index (χ0v) is 20.8. The van der Waals surface area contributed by atoms with Gasteiger partial charge in [0, 0.05) is 26.7 Å². The van der Waals surface area contributed by atoms with Crippen LogP contribution >= 0.6 is 7.14 Å². The van der Waals surface area contributed by atoms with Crippen molar-refractivity contribution in [3.05, 3.63) is 138 Å². The Morgan fingerprint density at radius 2 is 1.53 bits per heavy atom. The first-order valence-electron chi connectivity index (χ1n) is 11.7. The average Bonchev–Trinajstić information content (AvgIpc) is 3.31. The van der Waals surface area contributed by atoms with Crippen LogP contribution in [0.2, 0.25) is 0 Å². The van der Waals surface area contributed by atoms with Crippen LogP contribution in [0.5, 0.6) is 0 Å². The third kappa shape index (κ3) is 4.03. The maximum absolute atomic E-state index is 14.8. The lowest BCUT2D eigenvalue weighted by atomic mass is 10.0. The highest BCUT2D eigenvalue weighted by molar-refractivity contribution is 7.82. The van der Waals surface area contributed by atoms with Gasteiger partial charge in [0.1, 0.15) is 11.2 Å². The van der Waals surface area contributed by atoms with Crippen LogP contribution in [0.25, 0.3) is 27.5 Å². The van der Waals surface area contributed by atoms with E-state index in [1.54, 1.807) is 18.2 Å². The predicted octanol–water partition coefficient (Wildman–Crippen LogP) is 7.94. The van der Waals surface area contributed by atoms with E-state index in [0.717, 1.165) is 43.4 Å². The smallest absolute Gasteiger partial charge is 0.170 e. The quantitative estimate of drug-likeness (QED) is 0.181. The summed E-state index contributed by atoms with van der Waals surface area (Å²) >= 11 is 0. The lowest BCUT2D eigenvalue weighted by molar-refractivity contribution is 0.591. The van der Waals surface area contributed by atoms with Gasteiger partial charge in [-0.25, -0.2) is 0 Å². The molecule has 0 fully saturated rings. The Labute approximate surface area is 210 Å². The van der Waals surface area contributed by atoms with Crippen molar-refractivity contribution in [3.8, 4) is 6.07 Å². The van der Waals surface area contributed by atoms with Crippen molar-refractivity contribution in [2.45, 2.75) is 6.92 Å². The molecule has 0 amide bonds. The van der Waals surface area contributed by atoms with E-state index >= 15 is 0 Å². The van der Waals surface area contributed by atoms with Crippen LogP contribution < -0.4 is 10.6 Å². The largest absolute Gasteiger partial charge is 0.456 e. The fourth-order valence-corrected chi connectivity index (χ4v) is 7.29. The maximum Gasteiger partial charge on any atom is 0.170 e. The lowest BCUT2D eigenvalue weighted by Crippen LogP contribution is -2.17. The number of rotatable bonds is 6. The lowest BCUT2D eigenvalue weighted by Gasteiger charge is -2.21. The molecule has 0 spiro atoms. The van der Waals surface area contributed by atoms with Crippen LogP contribution in [-0.4, -0.2) is 0 Å². The van der Waals surface area contributed by atoms with E-state index in [2.05, 4.69) is 18.7 Å². The van der Waals surface area contributed by atoms with Gasteiger partial charge >= 0.3 is 0 Å². The van der Waals surface area contributed by atoms with E-state index in [0.29, 0.717) is 11.1 Å². The normalized spacial score (nSPS) is 12.6. The third-order valence-electron chi connectivity index (χ3n) is 6.36. The molecular formula is C32H24NO2P. The van der Waals surface area contributed by atoms with Crippen LogP contribution in [0.1, 0.15) is 18.1 Å². The molecular weight excluding hydrogens is 461 g/mol. The fourth-order valence-electron chi connectivity index (χ4n) is 4.52. The molecule has 5 rings (SSSR count). The maximum atomic E-state index is 14.8. The molecule has 0 radical (unpaired) electrons. The molecule has 0 N–H and O–H groups in total. The summed E-state index contributed by atoms with van der Waals surface area (Å²) in [7, 11) is -3.12. The van der Waals surface area contributed by atoms with Gasteiger partial charge < -0.3 is 8.98 Å². The fraction of sp³-hybridized carbons (Fsp3) is 0.0312. The zero-order valence-electron chi connectivity index (χ0n) is 19.9. The molecule has 0 aliphatic heterocycles. The molecule has 0 saturated heterocycles.